The van der Waals surface area contributed by atoms with Gasteiger partial charge in [0.2, 0.25) is 11.9 Å². The van der Waals surface area contributed by atoms with Gasteiger partial charge < -0.3 is 9.05 Å². The van der Waals surface area contributed by atoms with Crippen LogP contribution in [0.3, 0.4) is 0 Å². The van der Waals surface area contributed by atoms with Crippen LogP contribution in [0.5, 0.6) is 0 Å². The number of carbonyl (C=O) groups excluding carboxylic acids is 3. The number of benzene rings is 6. The standard InChI is InChI=1S/C52H55O8P3S/c1-34-25-37(4)47(38(5)26-34)50(53)61(56,44-19-13-10-14-20-44)59-31-43(32-60-62(57,45-21-15-11-16-22-45)51(54)48-39(6)27-35(2)28-40(48)7)33-64-63(58,46-23-17-12-18-24-46)52(55)49-41(8)29-36(3)30-42(49)9/h10-30,43H,31-33H2,1-9H3. The molecule has 0 amide bonds. The fraction of sp³-hybridized carbons (Fsp3) is 0.250. The van der Waals surface area contributed by atoms with Gasteiger partial charge in [-0.3, -0.25) is 28.1 Å². The summed E-state index contributed by atoms with van der Waals surface area (Å²) in [7, 11) is -8.79. The normalized spacial score (nSPS) is 14.8. The maximum atomic E-state index is 15.6. The van der Waals surface area contributed by atoms with Crippen molar-refractivity contribution in [2.75, 3.05) is 19.0 Å². The van der Waals surface area contributed by atoms with E-state index in [0.717, 1.165) is 28.1 Å². The molecule has 0 aliphatic rings. The first kappa shape index (κ1) is 48.7. The van der Waals surface area contributed by atoms with Gasteiger partial charge in [0.05, 0.1) is 13.2 Å². The monoisotopic (exact) mass is 932 g/mol. The molecule has 0 heterocycles. The lowest BCUT2D eigenvalue weighted by atomic mass is 10.0. The van der Waals surface area contributed by atoms with Crippen LogP contribution in [-0.2, 0) is 22.7 Å². The Morgan fingerprint density at radius 3 is 1.03 bits per heavy atom. The molecule has 3 atom stereocenters. The molecule has 0 bridgehead atoms. The van der Waals surface area contributed by atoms with E-state index in [1.54, 1.807) is 119 Å². The lowest BCUT2D eigenvalue weighted by molar-refractivity contribution is 0.103. The summed E-state index contributed by atoms with van der Waals surface area (Å²) >= 11 is 0.922. The first-order chi connectivity index (χ1) is 30.3. The van der Waals surface area contributed by atoms with Crippen LogP contribution in [-0.4, -0.2) is 35.5 Å². The molecule has 0 aromatic heterocycles. The summed E-state index contributed by atoms with van der Waals surface area (Å²) in [4.78, 5) is 44.2. The minimum atomic E-state index is -4.40. The van der Waals surface area contributed by atoms with Crippen LogP contribution >= 0.6 is 32.5 Å². The molecule has 0 fully saturated rings. The first-order valence-corrected chi connectivity index (χ1v) is 27.6. The maximum absolute atomic E-state index is 15.6. The molecule has 0 aliphatic carbocycles. The van der Waals surface area contributed by atoms with Crippen LogP contribution in [0.2, 0.25) is 0 Å². The highest BCUT2D eigenvalue weighted by Gasteiger charge is 2.43. The molecule has 0 radical (unpaired) electrons. The molecule has 332 valence electrons. The van der Waals surface area contributed by atoms with E-state index < -0.39 is 56.8 Å². The SMILES string of the molecule is Cc1cc(C)c(C(=O)P(=O)(OCC(COP(=O)(C(=O)c2c(C)cc(C)cc2C)c2ccccc2)CSP(=O)(C(=O)c2c(C)cc(C)cc2C)c2ccccc2)c2ccccc2)c(C)c1. The zero-order valence-corrected chi connectivity index (χ0v) is 41.3. The van der Waals surface area contributed by atoms with Crippen molar-refractivity contribution in [3.63, 3.8) is 0 Å². The fourth-order valence-corrected chi connectivity index (χ4v) is 17.7. The molecular weight excluding hydrogens is 878 g/mol. The van der Waals surface area contributed by atoms with Crippen molar-refractivity contribution in [3.05, 3.63) is 194 Å². The molecule has 6 aromatic carbocycles. The van der Waals surface area contributed by atoms with E-state index >= 15 is 13.7 Å². The van der Waals surface area contributed by atoms with E-state index in [0.29, 0.717) is 44.2 Å². The van der Waals surface area contributed by atoms with Crippen molar-refractivity contribution in [2.45, 2.75) is 62.3 Å². The molecule has 0 saturated carbocycles. The molecule has 0 aliphatic heterocycles. The lowest BCUT2D eigenvalue weighted by Gasteiger charge is -2.27. The molecular formula is C52H55O8P3S. The summed E-state index contributed by atoms with van der Waals surface area (Å²) in [6, 6.07) is 36.3. The Bertz CT molecular complexity index is 2500. The fourth-order valence-electron chi connectivity index (χ4n) is 8.39. The van der Waals surface area contributed by atoms with Gasteiger partial charge in [-0.05, 0) is 120 Å². The van der Waals surface area contributed by atoms with Gasteiger partial charge in [0.1, 0.15) is 0 Å². The number of rotatable bonds is 18. The molecule has 6 aromatic rings. The van der Waals surface area contributed by atoms with Crippen LogP contribution in [0.25, 0.3) is 0 Å². The van der Waals surface area contributed by atoms with E-state index in [9.17, 15) is 14.4 Å². The summed E-state index contributed by atoms with van der Waals surface area (Å²) in [5.41, 5.74) is 5.82. The van der Waals surface area contributed by atoms with Crippen molar-refractivity contribution >= 4 is 64.9 Å². The maximum Gasteiger partial charge on any atom is 0.300 e. The van der Waals surface area contributed by atoms with E-state index in [1.807, 2.05) is 71.0 Å². The molecule has 0 saturated heterocycles. The van der Waals surface area contributed by atoms with Crippen molar-refractivity contribution in [3.8, 4) is 0 Å². The zero-order valence-electron chi connectivity index (χ0n) is 37.8. The quantitative estimate of drug-likeness (QED) is 0.0776. The van der Waals surface area contributed by atoms with Gasteiger partial charge in [0, 0.05) is 44.3 Å². The second-order valence-corrected chi connectivity index (χ2v) is 26.2. The summed E-state index contributed by atoms with van der Waals surface area (Å²) in [5, 5.41) is 0.686. The number of hydrogen-bond donors (Lipinski definition) is 0. The summed E-state index contributed by atoms with van der Waals surface area (Å²) in [6.07, 6.45) is -4.03. The number of carbonyl (C=O) groups is 3. The average molecular weight is 933 g/mol. The highest BCUT2D eigenvalue weighted by molar-refractivity contribution is 8.65. The van der Waals surface area contributed by atoms with Gasteiger partial charge in [-0.15, -0.1) is 0 Å². The molecule has 0 spiro atoms. The van der Waals surface area contributed by atoms with Crippen LogP contribution in [0.1, 0.15) is 81.1 Å². The van der Waals surface area contributed by atoms with Crippen LogP contribution in [0, 0.1) is 68.2 Å². The highest BCUT2D eigenvalue weighted by Crippen LogP contribution is 2.61. The van der Waals surface area contributed by atoms with Gasteiger partial charge in [-0.1, -0.05) is 131 Å². The third-order valence-electron chi connectivity index (χ3n) is 11.2. The van der Waals surface area contributed by atoms with Crippen LogP contribution in [0.4, 0.5) is 0 Å². The van der Waals surface area contributed by atoms with Crippen molar-refractivity contribution < 1.29 is 37.1 Å². The minimum absolute atomic E-state index is 0.0982. The van der Waals surface area contributed by atoms with E-state index in [4.69, 9.17) is 9.05 Å². The molecule has 8 nitrogen and oxygen atoms in total. The Balaban J connectivity index is 1.45. The van der Waals surface area contributed by atoms with E-state index in [-0.39, 0.29) is 27.5 Å². The summed E-state index contributed by atoms with van der Waals surface area (Å²) in [5.74, 6) is -1.01. The first-order valence-electron chi connectivity index (χ1n) is 21.1. The van der Waals surface area contributed by atoms with Gasteiger partial charge in [-0.2, -0.15) is 0 Å². The van der Waals surface area contributed by atoms with Crippen LogP contribution < -0.4 is 15.9 Å². The summed E-state index contributed by atoms with van der Waals surface area (Å²) in [6.45, 7) is 15.8. The highest BCUT2D eigenvalue weighted by atomic mass is 32.7. The Morgan fingerprint density at radius 1 is 0.438 bits per heavy atom. The van der Waals surface area contributed by atoms with E-state index in [1.165, 1.54) is 0 Å². The van der Waals surface area contributed by atoms with Gasteiger partial charge in [0.15, 0.2) is 0 Å². The number of hydrogen-bond acceptors (Lipinski definition) is 9. The molecule has 0 N–H and O–H groups in total. The van der Waals surface area contributed by atoms with Gasteiger partial charge >= 0.3 is 14.7 Å². The predicted octanol–water partition coefficient (Wildman–Crippen LogP) is 12.5. The average Bonchev–Trinajstić information content (AvgIpc) is 3.25. The Hall–Kier alpha value is -4.71. The lowest BCUT2D eigenvalue weighted by Crippen LogP contribution is -2.25. The molecule has 6 rings (SSSR count). The second kappa shape index (κ2) is 20.2. The van der Waals surface area contributed by atoms with Crippen molar-refractivity contribution in [1.29, 1.82) is 0 Å². The van der Waals surface area contributed by atoms with Crippen LogP contribution in [0.15, 0.2) is 127 Å². The Morgan fingerprint density at radius 2 is 0.719 bits per heavy atom. The topological polar surface area (TPSA) is 121 Å². The number of aryl methyl sites for hydroxylation is 9. The molecule has 64 heavy (non-hydrogen) atoms. The van der Waals surface area contributed by atoms with Crippen molar-refractivity contribution in [1.82, 2.24) is 0 Å². The van der Waals surface area contributed by atoms with E-state index in [2.05, 4.69) is 0 Å². The summed E-state index contributed by atoms with van der Waals surface area (Å²) < 4.78 is 59.2. The predicted molar refractivity (Wildman–Crippen MR) is 264 cm³/mol. The Kier molecular flexibility index (Phi) is 15.4. The Labute approximate surface area is 381 Å². The van der Waals surface area contributed by atoms with Crippen molar-refractivity contribution in [2.24, 2.45) is 5.92 Å². The second-order valence-electron chi connectivity index (χ2n) is 16.7. The zero-order chi connectivity index (χ0) is 46.6. The van der Waals surface area contributed by atoms with Gasteiger partial charge in [-0.25, -0.2) is 0 Å². The van der Waals surface area contributed by atoms with Gasteiger partial charge in [0.25, 0.3) is 11.0 Å². The largest absolute Gasteiger partial charge is 0.319 e. The third kappa shape index (κ3) is 10.2. The third-order valence-corrected chi connectivity index (χ3v) is 21.1. The molecule has 12 heteroatoms. The molecule has 3 unspecified atom stereocenters. The minimum Gasteiger partial charge on any atom is -0.319 e. The smallest absolute Gasteiger partial charge is 0.300 e.